The van der Waals surface area contributed by atoms with E-state index >= 15 is 0 Å². The Bertz CT molecular complexity index is 1110. The van der Waals surface area contributed by atoms with Crippen molar-refractivity contribution in [1.29, 1.82) is 0 Å². The molecule has 2 aromatic carbocycles. The van der Waals surface area contributed by atoms with Crippen molar-refractivity contribution in [1.82, 2.24) is 9.21 Å². The molecule has 0 aliphatic carbocycles. The van der Waals surface area contributed by atoms with E-state index in [-0.39, 0.29) is 29.0 Å². The lowest BCUT2D eigenvalue weighted by Crippen LogP contribution is -2.47. The van der Waals surface area contributed by atoms with E-state index < -0.39 is 14.9 Å². The molecule has 0 bridgehead atoms. The van der Waals surface area contributed by atoms with Crippen LogP contribution in [0, 0.1) is 23.0 Å². The summed E-state index contributed by atoms with van der Waals surface area (Å²) in [4.78, 5) is 25.4. The van der Waals surface area contributed by atoms with Crippen molar-refractivity contribution in [3.05, 3.63) is 69.3 Å². The molecule has 0 saturated carbocycles. The fourth-order valence-corrected chi connectivity index (χ4v) is 5.97. The molecule has 2 aliphatic rings. The number of amides is 1. The summed E-state index contributed by atoms with van der Waals surface area (Å²) in [6.45, 7) is 3.72. The van der Waals surface area contributed by atoms with Gasteiger partial charge < -0.3 is 4.90 Å². The molecule has 0 radical (unpaired) electrons. The first kappa shape index (κ1) is 21.5. The Morgan fingerprint density at radius 2 is 1.87 bits per heavy atom. The number of rotatable bonds is 4. The molecule has 2 heterocycles. The highest BCUT2D eigenvalue weighted by Crippen LogP contribution is 2.28. The molecular formula is C22H25N3O5S. The third-order valence-electron chi connectivity index (χ3n) is 6.24. The average Bonchev–Trinajstić information content (AvgIpc) is 2.79. The number of carbonyl (C=O) groups is 1. The van der Waals surface area contributed by atoms with Crippen molar-refractivity contribution in [2.45, 2.75) is 37.6 Å². The Hall–Kier alpha value is -2.78. The highest BCUT2D eigenvalue weighted by Gasteiger charge is 2.36. The molecule has 1 unspecified atom stereocenters. The van der Waals surface area contributed by atoms with Gasteiger partial charge in [0.15, 0.2) is 0 Å². The SMILES string of the molecule is Cc1cccc2c1CN(C(=O)C1CCCN(S(=O)(=O)c3ccc([N+](=O)[O-])cc3)C1)CC2. The van der Waals surface area contributed by atoms with Crippen molar-refractivity contribution in [2.24, 2.45) is 5.92 Å². The van der Waals surface area contributed by atoms with Gasteiger partial charge in [0.25, 0.3) is 5.69 Å². The Kier molecular flexibility index (Phi) is 5.81. The first-order valence-corrected chi connectivity index (χ1v) is 11.8. The van der Waals surface area contributed by atoms with Crippen LogP contribution < -0.4 is 0 Å². The highest BCUT2D eigenvalue weighted by atomic mass is 32.2. The van der Waals surface area contributed by atoms with Crippen LogP contribution in [0.25, 0.3) is 0 Å². The number of piperidine rings is 1. The van der Waals surface area contributed by atoms with Gasteiger partial charge in [0.2, 0.25) is 15.9 Å². The zero-order chi connectivity index (χ0) is 22.2. The molecule has 8 nitrogen and oxygen atoms in total. The Labute approximate surface area is 181 Å². The average molecular weight is 444 g/mol. The third-order valence-corrected chi connectivity index (χ3v) is 8.12. The second-order valence-corrected chi connectivity index (χ2v) is 10.1. The standard InChI is InChI=1S/C22H25N3O5S/c1-16-4-2-5-17-11-13-23(15-21(16)17)22(26)18-6-3-12-24(14-18)31(29,30)20-9-7-19(8-10-20)25(27)28/h2,4-5,7-10,18H,3,6,11-15H2,1H3. The number of aryl methyl sites for hydroxylation is 1. The second kappa shape index (κ2) is 8.39. The molecule has 9 heteroatoms. The highest BCUT2D eigenvalue weighted by molar-refractivity contribution is 7.89. The van der Waals surface area contributed by atoms with Gasteiger partial charge in [-0.15, -0.1) is 0 Å². The fourth-order valence-electron chi connectivity index (χ4n) is 4.45. The van der Waals surface area contributed by atoms with Crippen molar-refractivity contribution >= 4 is 21.6 Å². The summed E-state index contributed by atoms with van der Waals surface area (Å²) in [6, 6.07) is 11.1. The summed E-state index contributed by atoms with van der Waals surface area (Å²) < 4.78 is 27.4. The number of nitro benzene ring substituents is 1. The summed E-state index contributed by atoms with van der Waals surface area (Å²) in [7, 11) is -3.82. The molecule has 1 atom stereocenters. The fraction of sp³-hybridized carbons (Fsp3) is 0.409. The van der Waals surface area contributed by atoms with Gasteiger partial charge in [-0.25, -0.2) is 8.42 Å². The molecule has 164 valence electrons. The largest absolute Gasteiger partial charge is 0.338 e. The van der Waals surface area contributed by atoms with Gasteiger partial charge in [0, 0.05) is 38.3 Å². The van der Waals surface area contributed by atoms with Crippen LogP contribution in [-0.2, 0) is 27.8 Å². The molecule has 4 rings (SSSR count). The van der Waals surface area contributed by atoms with E-state index in [4.69, 9.17) is 0 Å². The van der Waals surface area contributed by atoms with Crippen molar-refractivity contribution in [3.8, 4) is 0 Å². The number of non-ortho nitro benzene ring substituents is 1. The lowest BCUT2D eigenvalue weighted by Gasteiger charge is -2.36. The number of hydrogen-bond donors (Lipinski definition) is 0. The normalized spacial score (nSPS) is 19.6. The molecule has 2 aromatic rings. The number of nitro groups is 1. The van der Waals surface area contributed by atoms with Crippen LogP contribution >= 0.6 is 0 Å². The first-order chi connectivity index (χ1) is 14.8. The molecule has 0 spiro atoms. The van der Waals surface area contributed by atoms with E-state index in [1.807, 2.05) is 24.0 Å². The zero-order valence-corrected chi connectivity index (χ0v) is 18.2. The van der Waals surface area contributed by atoms with Gasteiger partial charge in [-0.2, -0.15) is 4.31 Å². The van der Waals surface area contributed by atoms with Crippen molar-refractivity contribution in [3.63, 3.8) is 0 Å². The van der Waals surface area contributed by atoms with Crippen molar-refractivity contribution < 1.29 is 18.1 Å². The number of hydrogen-bond acceptors (Lipinski definition) is 5. The van der Waals surface area contributed by atoms with Gasteiger partial charge >= 0.3 is 0 Å². The number of fused-ring (bicyclic) bond motifs is 1. The summed E-state index contributed by atoms with van der Waals surface area (Å²) in [5.74, 6) is -0.385. The first-order valence-electron chi connectivity index (χ1n) is 10.4. The molecule has 0 N–H and O–H groups in total. The Morgan fingerprint density at radius 1 is 1.13 bits per heavy atom. The van der Waals surface area contributed by atoms with Crippen LogP contribution in [0.5, 0.6) is 0 Å². The lowest BCUT2D eigenvalue weighted by molar-refractivity contribution is -0.384. The predicted molar refractivity (Wildman–Crippen MR) is 115 cm³/mol. The number of benzene rings is 2. The van der Waals surface area contributed by atoms with E-state index in [0.717, 1.165) is 6.42 Å². The Balaban J connectivity index is 1.48. The van der Waals surface area contributed by atoms with Gasteiger partial charge in [0.1, 0.15) is 0 Å². The van der Waals surface area contributed by atoms with Gasteiger partial charge in [-0.3, -0.25) is 14.9 Å². The number of nitrogens with zero attached hydrogens (tertiary/aromatic N) is 3. The van der Waals surface area contributed by atoms with E-state index in [1.165, 1.54) is 45.3 Å². The molecule has 2 aliphatic heterocycles. The smallest absolute Gasteiger partial charge is 0.269 e. The summed E-state index contributed by atoms with van der Waals surface area (Å²) in [5, 5.41) is 10.8. The third kappa shape index (κ3) is 4.20. The van der Waals surface area contributed by atoms with Crippen LogP contribution in [-0.4, -0.2) is 48.1 Å². The van der Waals surface area contributed by atoms with Crippen LogP contribution in [0.3, 0.4) is 0 Å². The maximum atomic E-state index is 13.2. The minimum atomic E-state index is -3.82. The van der Waals surface area contributed by atoms with E-state index in [0.29, 0.717) is 32.5 Å². The van der Waals surface area contributed by atoms with E-state index in [2.05, 4.69) is 6.07 Å². The lowest BCUT2D eigenvalue weighted by atomic mass is 9.93. The summed E-state index contributed by atoms with van der Waals surface area (Å²) in [5.41, 5.74) is 3.47. The molecule has 0 aromatic heterocycles. The quantitative estimate of drug-likeness (QED) is 0.534. The van der Waals surface area contributed by atoms with Gasteiger partial charge in [-0.05, 0) is 55.0 Å². The van der Waals surface area contributed by atoms with Gasteiger partial charge in [-0.1, -0.05) is 18.2 Å². The maximum Gasteiger partial charge on any atom is 0.269 e. The molecule has 31 heavy (non-hydrogen) atoms. The number of sulfonamides is 1. The van der Waals surface area contributed by atoms with Crippen LogP contribution in [0.4, 0.5) is 5.69 Å². The molecular weight excluding hydrogens is 418 g/mol. The second-order valence-electron chi connectivity index (χ2n) is 8.18. The Morgan fingerprint density at radius 3 is 2.58 bits per heavy atom. The van der Waals surface area contributed by atoms with Crippen LogP contribution in [0.2, 0.25) is 0 Å². The van der Waals surface area contributed by atoms with E-state index in [1.54, 1.807) is 0 Å². The van der Waals surface area contributed by atoms with Crippen LogP contribution in [0.15, 0.2) is 47.4 Å². The van der Waals surface area contributed by atoms with E-state index in [9.17, 15) is 23.3 Å². The molecule has 1 fully saturated rings. The molecule has 1 saturated heterocycles. The zero-order valence-electron chi connectivity index (χ0n) is 17.4. The minimum Gasteiger partial charge on any atom is -0.338 e. The monoisotopic (exact) mass is 443 g/mol. The summed E-state index contributed by atoms with van der Waals surface area (Å²) in [6.07, 6.45) is 2.06. The van der Waals surface area contributed by atoms with Gasteiger partial charge in [0.05, 0.1) is 15.7 Å². The molecule has 1 amide bonds. The summed E-state index contributed by atoms with van der Waals surface area (Å²) >= 11 is 0. The van der Waals surface area contributed by atoms with Crippen molar-refractivity contribution in [2.75, 3.05) is 19.6 Å². The number of carbonyl (C=O) groups excluding carboxylic acids is 1. The minimum absolute atomic E-state index is 0.00231. The topological polar surface area (TPSA) is 101 Å². The van der Waals surface area contributed by atoms with Crippen LogP contribution in [0.1, 0.15) is 29.5 Å². The predicted octanol–water partition coefficient (Wildman–Crippen LogP) is 2.89. The maximum absolute atomic E-state index is 13.2.